The first kappa shape index (κ1) is 30.3. The standard InChI is InChI=1S/Ca.Cu.H2O4S.H2O.Zn/c;;1-5(2,3)4;;/h;;(H2,1,2,3,4);1H2;/q2*+2;;;+2/p-3. The summed E-state index contributed by atoms with van der Waals surface area (Å²) in [6.07, 6.45) is 0. The molecule has 0 saturated carbocycles. The molecule has 0 aromatic heterocycles. The van der Waals surface area contributed by atoms with E-state index in [-0.39, 0.29) is 79.8 Å². The van der Waals surface area contributed by atoms with Crippen molar-refractivity contribution < 1.29 is 59.5 Å². The van der Waals surface area contributed by atoms with Gasteiger partial charge in [-0.3, -0.25) is 8.42 Å². The predicted octanol–water partition coefficient (Wildman–Crippen LogP) is -1.90. The van der Waals surface area contributed by atoms with Gasteiger partial charge in [0.1, 0.15) is 0 Å². The maximum atomic E-state index is 8.52. The van der Waals surface area contributed by atoms with E-state index in [2.05, 4.69) is 0 Å². The van der Waals surface area contributed by atoms with Gasteiger partial charge in [-0.25, -0.2) is 0 Å². The molecule has 0 saturated heterocycles. The van der Waals surface area contributed by atoms with Gasteiger partial charge in [0.2, 0.25) is 0 Å². The first-order valence-corrected chi connectivity index (χ1v) is 2.00. The third kappa shape index (κ3) is 139. The monoisotopic (exact) mass is 280 g/mol. The predicted molar refractivity (Wildman–Crippen MR) is 18.2 cm³/mol. The molecule has 0 spiro atoms. The van der Waals surface area contributed by atoms with Crippen LogP contribution in [0.5, 0.6) is 0 Å². The van der Waals surface area contributed by atoms with E-state index in [9.17, 15) is 0 Å². The van der Waals surface area contributed by atoms with E-state index in [0.29, 0.717) is 0 Å². The molecule has 0 bridgehead atoms. The van der Waals surface area contributed by atoms with Gasteiger partial charge in [-0.15, -0.1) is 0 Å². The molecule has 0 amide bonds. The molecule has 49 valence electrons. The quantitative estimate of drug-likeness (QED) is 0.293. The Morgan fingerprint density at radius 3 is 1.11 bits per heavy atom. The van der Waals surface area contributed by atoms with Gasteiger partial charge < -0.3 is 14.6 Å². The summed E-state index contributed by atoms with van der Waals surface area (Å²) in [6.45, 7) is 0. The van der Waals surface area contributed by atoms with E-state index in [0.717, 1.165) is 0 Å². The Labute approximate surface area is 106 Å². The second-order valence-corrected chi connectivity index (χ2v) is 1.22. The first-order valence-electron chi connectivity index (χ1n) is 0.667. The Kier molecular flexibility index (Phi) is 43.3. The Morgan fingerprint density at radius 2 is 1.11 bits per heavy atom. The fraction of sp³-hybridized carbons (Fsp3) is 0. The van der Waals surface area contributed by atoms with E-state index >= 15 is 0 Å². The van der Waals surface area contributed by atoms with Crippen molar-refractivity contribution in [3.05, 3.63) is 0 Å². The topological polar surface area (TPSA) is 110 Å². The van der Waals surface area contributed by atoms with Crippen molar-refractivity contribution in [2.45, 2.75) is 0 Å². The van der Waals surface area contributed by atoms with Crippen LogP contribution < -0.4 is 0 Å². The minimum Gasteiger partial charge on any atom is -0.870 e. The van der Waals surface area contributed by atoms with E-state index in [4.69, 9.17) is 17.5 Å². The molecule has 0 heterocycles. The van der Waals surface area contributed by atoms with E-state index in [1.807, 2.05) is 0 Å². The van der Waals surface area contributed by atoms with Crippen LogP contribution in [0.4, 0.5) is 0 Å². The second kappa shape index (κ2) is 12.9. The molecular formula is HCaCuO5SZn+3. The second-order valence-electron chi connectivity index (χ2n) is 0.408. The van der Waals surface area contributed by atoms with Crippen molar-refractivity contribution in [3.8, 4) is 0 Å². The Hall–Kier alpha value is 2.23. The van der Waals surface area contributed by atoms with Gasteiger partial charge >= 0.3 is 74.3 Å². The van der Waals surface area contributed by atoms with E-state index in [1.165, 1.54) is 0 Å². The number of hydrogen-bond donors (Lipinski definition) is 0. The molecule has 9 heteroatoms. The van der Waals surface area contributed by atoms with Gasteiger partial charge in [0.25, 0.3) is 0 Å². The van der Waals surface area contributed by atoms with Crippen molar-refractivity contribution in [2.75, 3.05) is 0 Å². The Bertz CT molecular complexity index is 100. The van der Waals surface area contributed by atoms with Crippen LogP contribution in [0.3, 0.4) is 0 Å². The fourth-order valence-corrected chi connectivity index (χ4v) is 0. The van der Waals surface area contributed by atoms with Gasteiger partial charge in [0.05, 0.1) is 0 Å². The molecule has 0 aromatic carbocycles. The zero-order chi connectivity index (χ0) is 4.50. The number of hydrogen-bond acceptors (Lipinski definition) is 5. The zero-order valence-electron chi connectivity index (χ0n) is 4.20. The van der Waals surface area contributed by atoms with Crippen LogP contribution in [0, 0.1) is 0 Å². The molecule has 0 aliphatic rings. The van der Waals surface area contributed by atoms with Crippen molar-refractivity contribution in [2.24, 2.45) is 0 Å². The Balaban J connectivity index is -0.0000000133. The van der Waals surface area contributed by atoms with Crippen molar-refractivity contribution in [3.63, 3.8) is 0 Å². The minimum atomic E-state index is -5.17. The summed E-state index contributed by atoms with van der Waals surface area (Å²) >= 11 is 0. The van der Waals surface area contributed by atoms with Crippen LogP contribution in [0.25, 0.3) is 0 Å². The van der Waals surface area contributed by atoms with Crippen molar-refractivity contribution in [1.82, 2.24) is 0 Å². The van der Waals surface area contributed by atoms with Gasteiger partial charge in [-0.05, 0) is 0 Å². The van der Waals surface area contributed by atoms with Crippen LogP contribution >= 0.6 is 0 Å². The Morgan fingerprint density at radius 1 is 1.11 bits per heavy atom. The fourth-order valence-electron chi connectivity index (χ4n) is 0. The molecule has 0 unspecified atom stereocenters. The average Bonchev–Trinajstić information content (AvgIpc) is 0.722. The molecule has 0 rings (SSSR count). The average molecular weight is 282 g/mol. The maximum absolute atomic E-state index is 8.52. The van der Waals surface area contributed by atoms with Crippen LogP contribution in [0.2, 0.25) is 0 Å². The molecule has 0 aromatic rings. The SMILES string of the molecule is O=S(=O)([O-])[O-].[Ca+2].[Cu+2].[OH-].[Zn+2]. The third-order valence-corrected chi connectivity index (χ3v) is 0. The first-order chi connectivity index (χ1) is 2.00. The summed E-state index contributed by atoms with van der Waals surface area (Å²) in [7, 11) is -5.17. The van der Waals surface area contributed by atoms with Crippen LogP contribution in [0.1, 0.15) is 0 Å². The van der Waals surface area contributed by atoms with E-state index < -0.39 is 10.4 Å². The molecule has 0 fully saturated rings. The van der Waals surface area contributed by atoms with Crippen LogP contribution in [0.15, 0.2) is 0 Å². The third-order valence-electron chi connectivity index (χ3n) is 0. The summed E-state index contributed by atoms with van der Waals surface area (Å²) in [5, 5.41) is 0. The largest absolute Gasteiger partial charge is 2.00 e. The summed E-state index contributed by atoms with van der Waals surface area (Å²) in [4.78, 5) is 0. The molecule has 0 aliphatic carbocycles. The van der Waals surface area contributed by atoms with Gasteiger partial charge in [-0.2, -0.15) is 0 Å². The van der Waals surface area contributed by atoms with Crippen molar-refractivity contribution >= 4 is 48.1 Å². The summed E-state index contributed by atoms with van der Waals surface area (Å²) in [5.74, 6) is 0. The van der Waals surface area contributed by atoms with Crippen LogP contribution in [-0.2, 0) is 46.9 Å². The smallest absolute Gasteiger partial charge is 0.870 e. The maximum Gasteiger partial charge on any atom is 2.00 e. The molecule has 1 N–H and O–H groups in total. The van der Waals surface area contributed by atoms with Crippen LogP contribution in [-0.4, -0.2) is 60.7 Å². The van der Waals surface area contributed by atoms with E-state index in [1.54, 1.807) is 0 Å². The summed E-state index contributed by atoms with van der Waals surface area (Å²) in [6, 6.07) is 0. The van der Waals surface area contributed by atoms with Gasteiger partial charge in [-0.1, -0.05) is 0 Å². The normalized spacial score (nSPS) is 6.44. The van der Waals surface area contributed by atoms with Crippen molar-refractivity contribution in [1.29, 1.82) is 0 Å². The molecule has 0 atom stereocenters. The summed E-state index contributed by atoms with van der Waals surface area (Å²) < 4.78 is 34.1. The molecule has 1 radical (unpaired) electrons. The molecule has 0 aliphatic heterocycles. The minimum absolute atomic E-state index is 0. The van der Waals surface area contributed by atoms with Gasteiger partial charge in [0, 0.05) is 10.4 Å². The number of rotatable bonds is 0. The van der Waals surface area contributed by atoms with Gasteiger partial charge in [0.15, 0.2) is 0 Å². The molecule has 5 nitrogen and oxygen atoms in total. The molecular weight excluding hydrogens is 281 g/mol. The summed E-state index contributed by atoms with van der Waals surface area (Å²) in [5.41, 5.74) is 0. The zero-order valence-corrected chi connectivity index (χ0v) is 11.1. The molecule has 9 heavy (non-hydrogen) atoms.